The SMILES string of the molecule is CCn1nc(C(=O)N(CCCN2CCOCC2)c2nc3cc(OC)ccc3s2)cc1C.Cl. The van der Waals surface area contributed by atoms with E-state index in [1.807, 2.05) is 42.8 Å². The molecule has 0 spiro atoms. The number of anilines is 1. The number of benzene rings is 1. The van der Waals surface area contributed by atoms with Crippen molar-refractivity contribution in [3.05, 3.63) is 35.7 Å². The molecule has 1 amide bonds. The average Bonchev–Trinajstić information content (AvgIpc) is 3.39. The molecule has 2 aromatic heterocycles. The maximum absolute atomic E-state index is 13.5. The fourth-order valence-electron chi connectivity index (χ4n) is 3.77. The normalized spacial score (nSPS) is 14.3. The van der Waals surface area contributed by atoms with E-state index in [2.05, 4.69) is 10.00 Å². The first-order valence-corrected chi connectivity index (χ1v) is 11.5. The van der Waals surface area contributed by atoms with Crippen LogP contribution in [0.3, 0.4) is 0 Å². The second-order valence-electron chi connectivity index (χ2n) is 7.58. The predicted octanol–water partition coefficient (Wildman–Crippen LogP) is 3.62. The first-order chi connectivity index (χ1) is 15.1. The Morgan fingerprint density at radius 3 is 2.75 bits per heavy atom. The largest absolute Gasteiger partial charge is 0.497 e. The Bertz CT molecular complexity index is 1050. The highest BCUT2D eigenvalue weighted by atomic mass is 35.5. The van der Waals surface area contributed by atoms with Crippen LogP contribution in [-0.4, -0.2) is 72.1 Å². The second-order valence-corrected chi connectivity index (χ2v) is 8.59. The first-order valence-electron chi connectivity index (χ1n) is 10.7. The Balaban J connectivity index is 0.00000289. The summed E-state index contributed by atoms with van der Waals surface area (Å²) in [5.74, 6) is 0.648. The van der Waals surface area contributed by atoms with Crippen LogP contribution >= 0.6 is 23.7 Å². The molecular weight excluding hydrogens is 450 g/mol. The highest BCUT2D eigenvalue weighted by molar-refractivity contribution is 7.22. The van der Waals surface area contributed by atoms with E-state index >= 15 is 0 Å². The summed E-state index contributed by atoms with van der Waals surface area (Å²) in [6.45, 7) is 9.67. The maximum atomic E-state index is 13.5. The Hall–Kier alpha value is -2.20. The van der Waals surface area contributed by atoms with Crippen LogP contribution < -0.4 is 9.64 Å². The third-order valence-electron chi connectivity index (χ3n) is 5.52. The summed E-state index contributed by atoms with van der Waals surface area (Å²) in [5.41, 5.74) is 2.27. The van der Waals surface area contributed by atoms with E-state index in [9.17, 15) is 4.79 Å². The van der Waals surface area contributed by atoms with Crippen LogP contribution in [0, 0.1) is 6.92 Å². The molecule has 0 bridgehead atoms. The van der Waals surface area contributed by atoms with Crippen molar-refractivity contribution >= 4 is 45.0 Å². The third kappa shape index (κ3) is 5.40. The quantitative estimate of drug-likeness (QED) is 0.491. The highest BCUT2D eigenvalue weighted by Gasteiger charge is 2.24. The van der Waals surface area contributed by atoms with Crippen molar-refractivity contribution in [2.75, 3.05) is 51.4 Å². The van der Waals surface area contributed by atoms with Gasteiger partial charge in [0.25, 0.3) is 5.91 Å². The Morgan fingerprint density at radius 2 is 2.06 bits per heavy atom. The van der Waals surface area contributed by atoms with Gasteiger partial charge in [0.2, 0.25) is 0 Å². The van der Waals surface area contributed by atoms with Gasteiger partial charge < -0.3 is 9.47 Å². The molecule has 0 aliphatic carbocycles. The molecule has 1 saturated heterocycles. The molecule has 32 heavy (non-hydrogen) atoms. The minimum Gasteiger partial charge on any atom is -0.497 e. The lowest BCUT2D eigenvalue weighted by molar-refractivity contribution is 0.0376. The molecule has 174 valence electrons. The Kier molecular flexibility index (Phi) is 8.47. The summed E-state index contributed by atoms with van der Waals surface area (Å²) in [5, 5.41) is 5.20. The van der Waals surface area contributed by atoms with Crippen molar-refractivity contribution < 1.29 is 14.3 Å². The van der Waals surface area contributed by atoms with Gasteiger partial charge in [-0.25, -0.2) is 4.98 Å². The zero-order valence-corrected chi connectivity index (χ0v) is 20.4. The van der Waals surface area contributed by atoms with Crippen molar-refractivity contribution in [3.8, 4) is 5.75 Å². The lowest BCUT2D eigenvalue weighted by Gasteiger charge is -2.27. The molecule has 0 unspecified atom stereocenters. The topological polar surface area (TPSA) is 72.7 Å². The number of halogens is 1. The number of morpholine rings is 1. The molecule has 10 heteroatoms. The maximum Gasteiger partial charge on any atom is 0.280 e. The van der Waals surface area contributed by atoms with Gasteiger partial charge >= 0.3 is 0 Å². The molecule has 3 heterocycles. The van der Waals surface area contributed by atoms with Crippen molar-refractivity contribution in [2.24, 2.45) is 0 Å². The standard InChI is InChI=1S/C22H29N5O3S.ClH/c1-4-27-16(2)14-19(24-27)21(28)26(9-5-8-25-10-12-30-13-11-25)22-23-18-15-17(29-3)6-7-20(18)31-22;/h6-7,14-15H,4-5,8-13H2,1-3H3;1H. The summed E-state index contributed by atoms with van der Waals surface area (Å²) >= 11 is 1.52. The molecule has 8 nitrogen and oxygen atoms in total. The number of nitrogens with zero attached hydrogens (tertiary/aromatic N) is 5. The zero-order valence-electron chi connectivity index (χ0n) is 18.7. The minimum atomic E-state index is -0.108. The molecule has 1 aromatic carbocycles. The minimum absolute atomic E-state index is 0. The lowest BCUT2D eigenvalue weighted by atomic mass is 10.3. The van der Waals surface area contributed by atoms with Gasteiger partial charge in [-0.1, -0.05) is 11.3 Å². The number of fused-ring (bicyclic) bond motifs is 1. The van der Waals surface area contributed by atoms with E-state index in [4.69, 9.17) is 14.5 Å². The number of methoxy groups -OCH3 is 1. The van der Waals surface area contributed by atoms with Crippen molar-refractivity contribution in [1.29, 1.82) is 0 Å². The average molecular weight is 480 g/mol. The van der Waals surface area contributed by atoms with Crippen LogP contribution in [-0.2, 0) is 11.3 Å². The third-order valence-corrected chi connectivity index (χ3v) is 6.58. The lowest BCUT2D eigenvalue weighted by Crippen LogP contribution is -2.39. The zero-order chi connectivity index (χ0) is 21.8. The molecule has 1 fully saturated rings. The molecule has 4 rings (SSSR count). The van der Waals surface area contributed by atoms with E-state index in [1.54, 1.807) is 12.0 Å². The van der Waals surface area contributed by atoms with E-state index in [0.717, 1.165) is 67.5 Å². The van der Waals surface area contributed by atoms with E-state index in [1.165, 1.54) is 11.3 Å². The van der Waals surface area contributed by atoms with Crippen LogP contribution in [0.15, 0.2) is 24.3 Å². The number of carbonyl (C=O) groups is 1. The van der Waals surface area contributed by atoms with Crippen LogP contribution in [0.5, 0.6) is 5.75 Å². The number of aromatic nitrogens is 3. The molecule has 1 aliphatic heterocycles. The highest BCUT2D eigenvalue weighted by Crippen LogP contribution is 2.32. The number of ether oxygens (including phenoxy) is 2. The van der Waals surface area contributed by atoms with Gasteiger partial charge in [-0.3, -0.25) is 19.3 Å². The van der Waals surface area contributed by atoms with Crippen LogP contribution in [0.1, 0.15) is 29.5 Å². The number of carbonyl (C=O) groups excluding carboxylic acids is 1. The molecule has 3 aromatic rings. The molecule has 0 radical (unpaired) electrons. The van der Waals surface area contributed by atoms with Gasteiger partial charge in [0.1, 0.15) is 5.75 Å². The predicted molar refractivity (Wildman–Crippen MR) is 130 cm³/mol. The monoisotopic (exact) mass is 479 g/mol. The number of aryl methyl sites for hydroxylation is 2. The first kappa shape index (κ1) is 24.4. The van der Waals surface area contributed by atoms with Crippen molar-refractivity contribution in [1.82, 2.24) is 19.7 Å². The molecule has 1 aliphatic rings. The fourth-order valence-corrected chi connectivity index (χ4v) is 4.74. The number of amides is 1. The second kappa shape index (κ2) is 11.1. The van der Waals surface area contributed by atoms with Crippen LogP contribution in [0.4, 0.5) is 5.13 Å². The summed E-state index contributed by atoms with van der Waals surface area (Å²) in [6.07, 6.45) is 0.860. The molecule has 0 atom stereocenters. The number of hydrogen-bond donors (Lipinski definition) is 0. The van der Waals surface area contributed by atoms with Gasteiger partial charge in [0, 0.05) is 44.5 Å². The smallest absolute Gasteiger partial charge is 0.280 e. The summed E-state index contributed by atoms with van der Waals surface area (Å²) in [4.78, 5) is 22.4. The molecule has 0 N–H and O–H groups in total. The van der Waals surface area contributed by atoms with E-state index in [0.29, 0.717) is 17.4 Å². The fraction of sp³-hybridized carbons (Fsp3) is 0.500. The van der Waals surface area contributed by atoms with Gasteiger partial charge in [-0.2, -0.15) is 5.10 Å². The molecular formula is C22H30ClN5O3S. The summed E-state index contributed by atoms with van der Waals surface area (Å²) in [7, 11) is 1.64. The molecule has 0 saturated carbocycles. The van der Waals surface area contributed by atoms with Crippen LogP contribution in [0.2, 0.25) is 0 Å². The van der Waals surface area contributed by atoms with Crippen molar-refractivity contribution in [3.63, 3.8) is 0 Å². The Morgan fingerprint density at radius 1 is 1.28 bits per heavy atom. The van der Waals surface area contributed by atoms with Gasteiger partial charge in [-0.15, -0.1) is 12.4 Å². The van der Waals surface area contributed by atoms with E-state index < -0.39 is 0 Å². The number of thiazole rings is 1. The van der Waals surface area contributed by atoms with Gasteiger partial charge in [0.15, 0.2) is 10.8 Å². The van der Waals surface area contributed by atoms with Crippen LogP contribution in [0.25, 0.3) is 10.2 Å². The van der Waals surface area contributed by atoms with Gasteiger partial charge in [0.05, 0.1) is 30.5 Å². The Labute approximate surface area is 198 Å². The van der Waals surface area contributed by atoms with Crippen molar-refractivity contribution in [2.45, 2.75) is 26.8 Å². The van der Waals surface area contributed by atoms with E-state index in [-0.39, 0.29) is 18.3 Å². The summed E-state index contributed by atoms with van der Waals surface area (Å²) < 4.78 is 13.6. The number of rotatable bonds is 8. The number of hydrogen-bond acceptors (Lipinski definition) is 7. The van der Waals surface area contributed by atoms with Gasteiger partial charge in [-0.05, 0) is 38.5 Å². The summed E-state index contributed by atoms with van der Waals surface area (Å²) in [6, 6.07) is 7.67.